The molecular weight excluding hydrogens is 248 g/mol. The lowest BCUT2D eigenvalue weighted by atomic mass is 10.2. The van der Waals surface area contributed by atoms with E-state index in [0.717, 1.165) is 22.1 Å². The Kier molecular flexibility index (Phi) is 4.12. The molecule has 94 valence electrons. The van der Waals surface area contributed by atoms with Crippen LogP contribution in [-0.4, -0.2) is 17.0 Å². The normalized spacial score (nSPS) is 10.4. The Labute approximate surface area is 111 Å². The summed E-state index contributed by atoms with van der Waals surface area (Å²) >= 11 is 6.13. The molecule has 0 bridgehead atoms. The molecule has 2 rings (SSSR count). The molecule has 0 atom stereocenters. The van der Waals surface area contributed by atoms with Crippen LogP contribution in [0, 0.1) is 0 Å². The molecule has 0 amide bonds. The van der Waals surface area contributed by atoms with E-state index < -0.39 is 0 Å². The van der Waals surface area contributed by atoms with Gasteiger partial charge >= 0.3 is 0 Å². The fourth-order valence-electron chi connectivity index (χ4n) is 1.64. The standard InChI is InChI=1S/C13H15ClN4/c1-18(9-10-4-2-3-5-12(10)14)13-8-16-7-11(6-15)17-13/h2-5,7-8H,6,9,15H2,1H3. The molecule has 0 spiro atoms. The highest BCUT2D eigenvalue weighted by Crippen LogP contribution is 2.18. The van der Waals surface area contributed by atoms with Gasteiger partial charge in [0.25, 0.3) is 0 Å². The second-order valence-corrected chi connectivity index (χ2v) is 4.43. The fraction of sp³-hybridized carbons (Fsp3) is 0.231. The minimum absolute atomic E-state index is 0.390. The molecule has 0 radical (unpaired) electrons. The first-order valence-electron chi connectivity index (χ1n) is 5.66. The average Bonchev–Trinajstić information content (AvgIpc) is 2.41. The van der Waals surface area contributed by atoms with Gasteiger partial charge in [0, 0.05) is 31.4 Å². The highest BCUT2D eigenvalue weighted by molar-refractivity contribution is 6.31. The highest BCUT2D eigenvalue weighted by Gasteiger charge is 2.07. The number of halogens is 1. The largest absolute Gasteiger partial charge is 0.354 e. The van der Waals surface area contributed by atoms with Crippen molar-refractivity contribution in [3.8, 4) is 0 Å². The molecule has 0 unspecified atom stereocenters. The van der Waals surface area contributed by atoms with Crippen molar-refractivity contribution >= 4 is 17.4 Å². The molecule has 1 aromatic heterocycles. The number of hydrogen-bond acceptors (Lipinski definition) is 4. The summed E-state index contributed by atoms with van der Waals surface area (Å²) in [4.78, 5) is 10.5. The molecule has 0 aliphatic carbocycles. The summed E-state index contributed by atoms with van der Waals surface area (Å²) in [5, 5.41) is 0.757. The van der Waals surface area contributed by atoms with Gasteiger partial charge in [-0.3, -0.25) is 4.98 Å². The summed E-state index contributed by atoms with van der Waals surface area (Å²) in [6.45, 7) is 1.07. The zero-order valence-corrected chi connectivity index (χ0v) is 10.9. The molecule has 1 aromatic carbocycles. The number of aromatic nitrogens is 2. The summed E-state index contributed by atoms with van der Waals surface area (Å²) in [6.07, 6.45) is 3.39. The third kappa shape index (κ3) is 2.97. The van der Waals surface area contributed by atoms with Crippen molar-refractivity contribution in [3.63, 3.8) is 0 Å². The topological polar surface area (TPSA) is 55.0 Å². The van der Waals surface area contributed by atoms with Gasteiger partial charge in [-0.05, 0) is 11.6 Å². The number of nitrogens with two attached hydrogens (primary N) is 1. The van der Waals surface area contributed by atoms with Crippen LogP contribution in [0.15, 0.2) is 36.7 Å². The van der Waals surface area contributed by atoms with Gasteiger partial charge in [-0.1, -0.05) is 29.8 Å². The van der Waals surface area contributed by atoms with Gasteiger partial charge in [0.05, 0.1) is 11.9 Å². The minimum atomic E-state index is 0.390. The Morgan fingerprint density at radius 1 is 1.28 bits per heavy atom. The second kappa shape index (κ2) is 5.80. The van der Waals surface area contributed by atoms with Crippen molar-refractivity contribution in [1.29, 1.82) is 0 Å². The molecule has 18 heavy (non-hydrogen) atoms. The van der Waals surface area contributed by atoms with Crippen molar-refractivity contribution in [2.75, 3.05) is 11.9 Å². The van der Waals surface area contributed by atoms with E-state index in [1.54, 1.807) is 12.4 Å². The smallest absolute Gasteiger partial charge is 0.147 e. The maximum absolute atomic E-state index is 6.13. The molecule has 2 N–H and O–H groups in total. The van der Waals surface area contributed by atoms with E-state index in [1.165, 1.54) is 0 Å². The third-order valence-electron chi connectivity index (χ3n) is 2.64. The van der Waals surface area contributed by atoms with Crippen LogP contribution in [0.3, 0.4) is 0 Å². The molecule has 0 saturated heterocycles. The number of rotatable bonds is 4. The Balaban J connectivity index is 2.16. The first-order chi connectivity index (χ1) is 8.70. The van der Waals surface area contributed by atoms with E-state index in [9.17, 15) is 0 Å². The number of hydrogen-bond donors (Lipinski definition) is 1. The molecule has 0 saturated carbocycles. The van der Waals surface area contributed by atoms with Crippen LogP contribution in [-0.2, 0) is 13.1 Å². The van der Waals surface area contributed by atoms with Crippen LogP contribution in [0.1, 0.15) is 11.3 Å². The first-order valence-corrected chi connectivity index (χ1v) is 6.04. The third-order valence-corrected chi connectivity index (χ3v) is 3.01. The summed E-state index contributed by atoms with van der Waals surface area (Å²) in [5.41, 5.74) is 7.39. The molecule has 0 aliphatic rings. The highest BCUT2D eigenvalue weighted by atomic mass is 35.5. The quantitative estimate of drug-likeness (QED) is 0.918. The fourth-order valence-corrected chi connectivity index (χ4v) is 1.84. The monoisotopic (exact) mass is 262 g/mol. The molecule has 1 heterocycles. The lowest BCUT2D eigenvalue weighted by molar-refractivity contribution is 0.865. The maximum Gasteiger partial charge on any atom is 0.147 e. The van der Waals surface area contributed by atoms with Gasteiger partial charge in [0.15, 0.2) is 0 Å². The molecule has 2 aromatic rings. The molecule has 0 fully saturated rings. The minimum Gasteiger partial charge on any atom is -0.354 e. The van der Waals surface area contributed by atoms with Crippen LogP contribution in [0.2, 0.25) is 5.02 Å². The van der Waals surface area contributed by atoms with Gasteiger partial charge in [-0.2, -0.15) is 0 Å². The predicted molar refractivity (Wildman–Crippen MR) is 73.5 cm³/mol. The van der Waals surface area contributed by atoms with E-state index in [4.69, 9.17) is 17.3 Å². The average molecular weight is 263 g/mol. The van der Waals surface area contributed by atoms with Gasteiger partial charge in [-0.25, -0.2) is 4.98 Å². The van der Waals surface area contributed by atoms with E-state index in [2.05, 4.69) is 9.97 Å². The number of benzene rings is 1. The van der Waals surface area contributed by atoms with Gasteiger partial charge < -0.3 is 10.6 Å². The van der Waals surface area contributed by atoms with E-state index in [1.807, 2.05) is 36.2 Å². The van der Waals surface area contributed by atoms with E-state index in [-0.39, 0.29) is 0 Å². The summed E-state index contributed by atoms with van der Waals surface area (Å²) in [7, 11) is 1.95. The zero-order valence-electron chi connectivity index (χ0n) is 10.2. The van der Waals surface area contributed by atoms with Crippen LogP contribution in [0.5, 0.6) is 0 Å². The van der Waals surface area contributed by atoms with Gasteiger partial charge in [0.1, 0.15) is 5.82 Å². The molecule has 5 heteroatoms. The maximum atomic E-state index is 6.13. The van der Waals surface area contributed by atoms with Crippen LogP contribution < -0.4 is 10.6 Å². The van der Waals surface area contributed by atoms with Crippen molar-refractivity contribution in [3.05, 3.63) is 52.9 Å². The van der Waals surface area contributed by atoms with Gasteiger partial charge in [0.2, 0.25) is 0 Å². The number of anilines is 1. The van der Waals surface area contributed by atoms with Crippen molar-refractivity contribution in [1.82, 2.24) is 9.97 Å². The van der Waals surface area contributed by atoms with Crippen LogP contribution in [0.25, 0.3) is 0 Å². The second-order valence-electron chi connectivity index (χ2n) is 4.02. The Morgan fingerprint density at radius 2 is 2.06 bits per heavy atom. The van der Waals surface area contributed by atoms with Crippen molar-refractivity contribution in [2.24, 2.45) is 5.73 Å². The summed E-state index contributed by atoms with van der Waals surface area (Å²) in [6, 6.07) is 7.77. The van der Waals surface area contributed by atoms with Crippen LogP contribution >= 0.6 is 11.6 Å². The molecular formula is C13H15ClN4. The lowest BCUT2D eigenvalue weighted by Gasteiger charge is -2.18. The van der Waals surface area contributed by atoms with Crippen molar-refractivity contribution in [2.45, 2.75) is 13.1 Å². The lowest BCUT2D eigenvalue weighted by Crippen LogP contribution is -2.19. The zero-order chi connectivity index (χ0) is 13.0. The Morgan fingerprint density at radius 3 is 2.78 bits per heavy atom. The molecule has 4 nitrogen and oxygen atoms in total. The van der Waals surface area contributed by atoms with Gasteiger partial charge in [-0.15, -0.1) is 0 Å². The summed E-state index contributed by atoms with van der Waals surface area (Å²) in [5.74, 6) is 0.790. The Hall–Kier alpha value is -1.65. The Bertz CT molecular complexity index is 530. The van der Waals surface area contributed by atoms with E-state index in [0.29, 0.717) is 13.1 Å². The SMILES string of the molecule is CN(Cc1ccccc1Cl)c1cncc(CN)n1. The number of nitrogens with zero attached hydrogens (tertiary/aromatic N) is 3. The van der Waals surface area contributed by atoms with Crippen LogP contribution in [0.4, 0.5) is 5.82 Å². The first kappa shape index (κ1) is 12.8. The van der Waals surface area contributed by atoms with Crippen molar-refractivity contribution < 1.29 is 0 Å². The predicted octanol–water partition coefficient (Wildman–Crippen LogP) is 2.23. The summed E-state index contributed by atoms with van der Waals surface area (Å²) < 4.78 is 0. The molecule has 0 aliphatic heterocycles. The van der Waals surface area contributed by atoms with E-state index >= 15 is 0 Å².